The number of hydrogen-bond donors (Lipinski definition) is 1. The first-order valence-electron chi connectivity index (χ1n) is 6.37. The Balaban J connectivity index is 1.73. The molecule has 2 heterocycles. The third-order valence-corrected chi connectivity index (χ3v) is 3.06. The average Bonchev–Trinajstić information content (AvgIpc) is 3.11. The molecule has 21 heavy (non-hydrogen) atoms. The van der Waals surface area contributed by atoms with Crippen LogP contribution in [0.25, 0.3) is 11.4 Å². The van der Waals surface area contributed by atoms with Crippen LogP contribution in [0.15, 0.2) is 35.0 Å². The topological polar surface area (TPSA) is 81.7 Å². The Morgan fingerprint density at radius 1 is 1.29 bits per heavy atom. The Morgan fingerprint density at radius 2 is 2.10 bits per heavy atom. The first-order valence-corrected chi connectivity index (χ1v) is 6.74. The summed E-state index contributed by atoms with van der Waals surface area (Å²) in [6.45, 7) is 1.05. The number of aromatic nitrogens is 5. The van der Waals surface area contributed by atoms with Crippen LogP contribution in [0.2, 0.25) is 5.02 Å². The summed E-state index contributed by atoms with van der Waals surface area (Å²) in [5.41, 5.74) is 1.71. The Hall–Kier alpha value is -2.25. The van der Waals surface area contributed by atoms with E-state index in [0.29, 0.717) is 29.8 Å². The van der Waals surface area contributed by atoms with Crippen molar-refractivity contribution in [3.05, 3.63) is 47.1 Å². The van der Waals surface area contributed by atoms with Gasteiger partial charge in [0.2, 0.25) is 11.7 Å². The summed E-state index contributed by atoms with van der Waals surface area (Å²) in [5.74, 6) is 0.998. The summed E-state index contributed by atoms with van der Waals surface area (Å²) in [7, 11) is 1.86. The highest BCUT2D eigenvalue weighted by molar-refractivity contribution is 6.30. The molecule has 0 saturated heterocycles. The summed E-state index contributed by atoms with van der Waals surface area (Å²) in [6, 6.07) is 7.26. The van der Waals surface area contributed by atoms with Crippen molar-refractivity contribution in [2.45, 2.75) is 13.1 Å². The molecule has 7 nitrogen and oxygen atoms in total. The zero-order valence-corrected chi connectivity index (χ0v) is 12.1. The molecule has 0 saturated carbocycles. The smallest absolute Gasteiger partial charge is 0.248 e. The molecule has 0 radical (unpaired) electrons. The van der Waals surface area contributed by atoms with Gasteiger partial charge in [0.15, 0.2) is 0 Å². The van der Waals surface area contributed by atoms with Crippen LogP contribution in [0.1, 0.15) is 11.6 Å². The van der Waals surface area contributed by atoms with Crippen LogP contribution in [0.3, 0.4) is 0 Å². The quantitative estimate of drug-likeness (QED) is 0.773. The second-order valence-corrected chi connectivity index (χ2v) is 4.89. The lowest BCUT2D eigenvalue weighted by Gasteiger charge is -1.94. The van der Waals surface area contributed by atoms with E-state index in [0.717, 1.165) is 11.3 Å². The highest BCUT2D eigenvalue weighted by Crippen LogP contribution is 2.18. The molecular weight excluding hydrogens is 292 g/mol. The van der Waals surface area contributed by atoms with Crippen LogP contribution >= 0.6 is 11.6 Å². The van der Waals surface area contributed by atoms with Crippen molar-refractivity contribution in [3.8, 4) is 11.4 Å². The maximum Gasteiger partial charge on any atom is 0.248 e. The fourth-order valence-corrected chi connectivity index (χ4v) is 1.98. The lowest BCUT2D eigenvalue weighted by Crippen LogP contribution is -2.05. The van der Waals surface area contributed by atoms with Crippen molar-refractivity contribution in [2.75, 3.05) is 7.05 Å². The van der Waals surface area contributed by atoms with E-state index in [1.165, 1.54) is 0 Å². The predicted molar refractivity (Wildman–Crippen MR) is 76.6 cm³/mol. The molecule has 0 unspecified atom stereocenters. The molecule has 0 aliphatic heterocycles. The molecule has 0 spiro atoms. The zero-order chi connectivity index (χ0) is 14.7. The van der Waals surface area contributed by atoms with E-state index in [4.69, 9.17) is 16.1 Å². The van der Waals surface area contributed by atoms with E-state index < -0.39 is 0 Å². The predicted octanol–water partition coefficient (Wildman–Crippen LogP) is 1.75. The lowest BCUT2D eigenvalue weighted by molar-refractivity contribution is 0.364. The molecule has 3 aromatic rings. The van der Waals surface area contributed by atoms with Crippen LogP contribution < -0.4 is 5.32 Å². The van der Waals surface area contributed by atoms with Gasteiger partial charge in [0.25, 0.3) is 0 Å². The van der Waals surface area contributed by atoms with Crippen LogP contribution in [-0.2, 0) is 13.1 Å². The molecule has 0 amide bonds. The standard InChI is InChI=1S/C13H13ClN6O/c1-15-6-11-7-20(19-17-11)8-12-16-13(18-21-12)9-2-4-10(14)5-3-9/h2-5,7,15H,6,8H2,1H3. The van der Waals surface area contributed by atoms with E-state index >= 15 is 0 Å². The van der Waals surface area contributed by atoms with E-state index in [1.807, 2.05) is 25.4 Å². The van der Waals surface area contributed by atoms with Gasteiger partial charge in [-0.15, -0.1) is 5.10 Å². The van der Waals surface area contributed by atoms with Crippen molar-refractivity contribution >= 4 is 11.6 Å². The Bertz CT molecular complexity index is 720. The summed E-state index contributed by atoms with van der Waals surface area (Å²) in [5, 5.41) is 15.7. The van der Waals surface area contributed by atoms with Crippen molar-refractivity contribution in [1.82, 2.24) is 30.5 Å². The highest BCUT2D eigenvalue weighted by Gasteiger charge is 2.10. The SMILES string of the molecule is CNCc1cn(Cc2nc(-c3ccc(Cl)cc3)no2)nn1. The minimum Gasteiger partial charge on any atom is -0.337 e. The van der Waals surface area contributed by atoms with Gasteiger partial charge in [-0.2, -0.15) is 4.98 Å². The number of nitrogens with zero attached hydrogens (tertiary/aromatic N) is 5. The normalized spacial score (nSPS) is 11.0. The van der Waals surface area contributed by atoms with Gasteiger partial charge in [-0.05, 0) is 31.3 Å². The second kappa shape index (κ2) is 6.02. The van der Waals surface area contributed by atoms with Gasteiger partial charge in [-0.25, -0.2) is 4.68 Å². The number of nitrogens with one attached hydrogen (secondary N) is 1. The average molecular weight is 305 g/mol. The molecule has 0 atom stereocenters. The van der Waals surface area contributed by atoms with Crippen LogP contribution in [0, 0.1) is 0 Å². The number of benzene rings is 1. The van der Waals surface area contributed by atoms with E-state index in [9.17, 15) is 0 Å². The Labute approximate surface area is 125 Å². The Kier molecular flexibility index (Phi) is 3.94. The van der Waals surface area contributed by atoms with Crippen molar-refractivity contribution in [2.24, 2.45) is 0 Å². The molecule has 0 aliphatic carbocycles. The number of rotatable bonds is 5. The fraction of sp³-hybridized carbons (Fsp3) is 0.231. The van der Waals surface area contributed by atoms with E-state index in [2.05, 4.69) is 25.8 Å². The molecular formula is C13H13ClN6O. The number of halogens is 1. The molecule has 2 aromatic heterocycles. The summed E-state index contributed by atoms with van der Waals surface area (Å²) >= 11 is 5.85. The van der Waals surface area contributed by atoms with Gasteiger partial charge in [-0.3, -0.25) is 0 Å². The van der Waals surface area contributed by atoms with E-state index in [-0.39, 0.29) is 0 Å². The lowest BCUT2D eigenvalue weighted by atomic mass is 10.2. The minimum absolute atomic E-state index is 0.386. The molecule has 8 heteroatoms. The molecule has 3 rings (SSSR count). The molecule has 0 aliphatic rings. The summed E-state index contributed by atoms with van der Waals surface area (Å²) in [6.07, 6.45) is 1.84. The van der Waals surface area contributed by atoms with Crippen molar-refractivity contribution < 1.29 is 4.52 Å². The molecule has 0 fully saturated rings. The third-order valence-electron chi connectivity index (χ3n) is 2.81. The van der Waals surface area contributed by atoms with Gasteiger partial charge >= 0.3 is 0 Å². The van der Waals surface area contributed by atoms with Gasteiger partial charge in [0.1, 0.15) is 6.54 Å². The zero-order valence-electron chi connectivity index (χ0n) is 11.3. The van der Waals surface area contributed by atoms with Gasteiger partial charge in [0, 0.05) is 17.1 Å². The molecule has 0 bridgehead atoms. The minimum atomic E-state index is 0.386. The third kappa shape index (κ3) is 3.26. The van der Waals surface area contributed by atoms with Gasteiger partial charge in [-0.1, -0.05) is 22.0 Å². The summed E-state index contributed by atoms with van der Waals surface area (Å²) < 4.78 is 6.88. The van der Waals surface area contributed by atoms with Gasteiger partial charge < -0.3 is 9.84 Å². The van der Waals surface area contributed by atoms with Gasteiger partial charge in [0.05, 0.1) is 11.9 Å². The van der Waals surface area contributed by atoms with Crippen molar-refractivity contribution in [3.63, 3.8) is 0 Å². The Morgan fingerprint density at radius 3 is 2.86 bits per heavy atom. The number of hydrogen-bond acceptors (Lipinski definition) is 6. The van der Waals surface area contributed by atoms with Crippen LogP contribution in [0.5, 0.6) is 0 Å². The largest absolute Gasteiger partial charge is 0.337 e. The fourth-order valence-electron chi connectivity index (χ4n) is 1.85. The maximum absolute atomic E-state index is 5.85. The molecule has 1 aromatic carbocycles. The maximum atomic E-state index is 5.85. The van der Waals surface area contributed by atoms with Crippen LogP contribution in [0.4, 0.5) is 0 Å². The van der Waals surface area contributed by atoms with E-state index in [1.54, 1.807) is 16.8 Å². The molecule has 108 valence electrons. The van der Waals surface area contributed by atoms with Crippen molar-refractivity contribution in [1.29, 1.82) is 0 Å². The highest BCUT2D eigenvalue weighted by atomic mass is 35.5. The summed E-state index contributed by atoms with van der Waals surface area (Å²) in [4.78, 5) is 4.34. The monoisotopic (exact) mass is 304 g/mol. The first kappa shape index (κ1) is 13.7. The molecule has 1 N–H and O–H groups in total. The second-order valence-electron chi connectivity index (χ2n) is 4.46. The van der Waals surface area contributed by atoms with Crippen LogP contribution in [-0.4, -0.2) is 32.2 Å². The first-order chi connectivity index (χ1) is 10.2.